The Morgan fingerprint density at radius 2 is 1.96 bits per heavy atom. The monoisotopic (exact) mass is 321 g/mol. The highest BCUT2D eigenvalue weighted by molar-refractivity contribution is 6.06. The number of rotatable bonds is 4. The summed E-state index contributed by atoms with van der Waals surface area (Å²) >= 11 is 0. The number of pyridine rings is 1. The van der Waals surface area contributed by atoms with Crippen LogP contribution < -0.4 is 5.43 Å². The van der Waals surface area contributed by atoms with Gasteiger partial charge < -0.3 is 0 Å². The van der Waals surface area contributed by atoms with Gasteiger partial charge in [0.25, 0.3) is 0 Å². The molecule has 4 heteroatoms. The first kappa shape index (κ1) is 16.4. The average molecular weight is 321 g/mol. The number of hydrazone groups is 1. The topological polar surface area (TPSA) is 54.4 Å². The summed E-state index contributed by atoms with van der Waals surface area (Å²) in [5, 5.41) is 4.32. The van der Waals surface area contributed by atoms with Crippen LogP contribution in [0.25, 0.3) is 11.1 Å². The van der Waals surface area contributed by atoms with Gasteiger partial charge in [-0.3, -0.25) is 9.78 Å². The Kier molecular flexibility index (Phi) is 4.74. The normalized spacial score (nSPS) is 20.5. The molecule has 2 aromatic rings. The van der Waals surface area contributed by atoms with Crippen LogP contribution in [0.5, 0.6) is 0 Å². The summed E-state index contributed by atoms with van der Waals surface area (Å²) in [5.74, 6) is 0.0367. The standard InChI is InChI=1S/C20H23N3O/c1-4-6-15-11-16(19-13(2)14(3)20(24)23-22-19)8-9-18(15)17-7-5-10-21-12-17/h5,7-14H,4,6H2,1-3H3,(H,23,24). The van der Waals surface area contributed by atoms with Crippen molar-refractivity contribution in [1.29, 1.82) is 0 Å². The lowest BCUT2D eigenvalue weighted by Gasteiger charge is -2.26. The highest BCUT2D eigenvalue weighted by atomic mass is 16.2. The quantitative estimate of drug-likeness (QED) is 0.931. The van der Waals surface area contributed by atoms with Crippen molar-refractivity contribution in [3.63, 3.8) is 0 Å². The van der Waals surface area contributed by atoms with Gasteiger partial charge in [0.05, 0.1) is 5.71 Å². The molecule has 4 nitrogen and oxygen atoms in total. The smallest absolute Gasteiger partial charge is 0.243 e. The number of nitrogens with one attached hydrogen (secondary N) is 1. The van der Waals surface area contributed by atoms with E-state index in [4.69, 9.17) is 0 Å². The van der Waals surface area contributed by atoms with Gasteiger partial charge in [-0.25, -0.2) is 5.43 Å². The Morgan fingerprint density at radius 1 is 1.12 bits per heavy atom. The van der Waals surface area contributed by atoms with Crippen LogP contribution in [0.4, 0.5) is 0 Å². The van der Waals surface area contributed by atoms with E-state index >= 15 is 0 Å². The van der Waals surface area contributed by atoms with Crippen LogP contribution in [-0.4, -0.2) is 16.6 Å². The van der Waals surface area contributed by atoms with Gasteiger partial charge in [0.15, 0.2) is 0 Å². The first-order chi connectivity index (χ1) is 11.6. The minimum absolute atomic E-state index is 0.00740. The SMILES string of the molecule is CCCc1cc(C2=NNC(=O)C(C)C2C)ccc1-c1cccnc1. The van der Waals surface area contributed by atoms with Crippen molar-refractivity contribution in [3.8, 4) is 11.1 Å². The van der Waals surface area contributed by atoms with Gasteiger partial charge in [0, 0.05) is 29.8 Å². The molecular weight excluding hydrogens is 298 g/mol. The first-order valence-electron chi connectivity index (χ1n) is 8.53. The van der Waals surface area contributed by atoms with Gasteiger partial charge in [-0.15, -0.1) is 0 Å². The number of carbonyl (C=O) groups is 1. The molecular formula is C20H23N3O. The molecule has 1 N–H and O–H groups in total. The van der Waals surface area contributed by atoms with Crippen molar-refractivity contribution in [3.05, 3.63) is 53.9 Å². The average Bonchev–Trinajstić information content (AvgIpc) is 2.61. The zero-order chi connectivity index (χ0) is 17.1. The maximum Gasteiger partial charge on any atom is 0.243 e. The molecule has 0 bridgehead atoms. The lowest BCUT2D eigenvalue weighted by atomic mass is 9.84. The van der Waals surface area contributed by atoms with Gasteiger partial charge in [0.1, 0.15) is 0 Å². The molecule has 2 atom stereocenters. The molecule has 1 amide bonds. The fourth-order valence-corrected chi connectivity index (χ4v) is 3.14. The molecule has 0 fully saturated rings. The first-order valence-corrected chi connectivity index (χ1v) is 8.53. The lowest BCUT2D eigenvalue weighted by Crippen LogP contribution is -2.39. The third-order valence-electron chi connectivity index (χ3n) is 4.77. The van der Waals surface area contributed by atoms with E-state index in [1.165, 1.54) is 11.1 Å². The second kappa shape index (κ2) is 6.95. The van der Waals surface area contributed by atoms with Crippen LogP contribution in [-0.2, 0) is 11.2 Å². The van der Waals surface area contributed by atoms with E-state index in [1.54, 1.807) is 6.20 Å². The molecule has 3 rings (SSSR count). The molecule has 2 heterocycles. The molecule has 24 heavy (non-hydrogen) atoms. The lowest BCUT2D eigenvalue weighted by molar-refractivity contribution is -0.125. The Morgan fingerprint density at radius 3 is 2.67 bits per heavy atom. The van der Waals surface area contributed by atoms with Crippen LogP contribution in [0.2, 0.25) is 0 Å². The van der Waals surface area contributed by atoms with Crippen molar-refractivity contribution >= 4 is 11.6 Å². The summed E-state index contributed by atoms with van der Waals surface area (Å²) < 4.78 is 0. The van der Waals surface area contributed by atoms with Gasteiger partial charge in [-0.05, 0) is 35.2 Å². The molecule has 1 aliphatic heterocycles. The second-order valence-corrected chi connectivity index (χ2v) is 6.41. The van der Waals surface area contributed by atoms with E-state index in [0.29, 0.717) is 0 Å². The summed E-state index contributed by atoms with van der Waals surface area (Å²) in [6, 6.07) is 10.5. The van der Waals surface area contributed by atoms with Crippen LogP contribution in [0.3, 0.4) is 0 Å². The summed E-state index contributed by atoms with van der Waals surface area (Å²) in [7, 11) is 0. The summed E-state index contributed by atoms with van der Waals surface area (Å²) in [5.41, 5.74) is 8.34. The molecule has 1 aliphatic rings. The van der Waals surface area contributed by atoms with Crippen LogP contribution >= 0.6 is 0 Å². The van der Waals surface area contributed by atoms with Crippen LogP contribution in [0, 0.1) is 11.8 Å². The fourth-order valence-electron chi connectivity index (χ4n) is 3.14. The Labute approximate surface area is 143 Å². The minimum atomic E-state index is -0.0647. The molecule has 0 spiro atoms. The highest BCUT2D eigenvalue weighted by Gasteiger charge is 2.29. The predicted molar refractivity (Wildman–Crippen MR) is 96.7 cm³/mol. The van der Waals surface area contributed by atoms with E-state index in [1.807, 2.05) is 19.2 Å². The molecule has 124 valence electrons. The summed E-state index contributed by atoms with van der Waals surface area (Å²) in [6.07, 6.45) is 5.77. The number of hydrogen-bond donors (Lipinski definition) is 1. The van der Waals surface area contributed by atoms with Crippen molar-refractivity contribution in [2.75, 3.05) is 0 Å². The Balaban J connectivity index is 2.02. The number of aromatic nitrogens is 1. The van der Waals surface area contributed by atoms with Crippen molar-refractivity contribution in [2.24, 2.45) is 16.9 Å². The number of amides is 1. The Bertz CT molecular complexity index is 768. The van der Waals surface area contributed by atoms with Crippen molar-refractivity contribution in [2.45, 2.75) is 33.6 Å². The van der Waals surface area contributed by atoms with E-state index in [0.717, 1.165) is 29.7 Å². The van der Waals surface area contributed by atoms with E-state index < -0.39 is 0 Å². The van der Waals surface area contributed by atoms with E-state index in [9.17, 15) is 4.79 Å². The molecule has 1 aromatic carbocycles. The summed E-state index contributed by atoms with van der Waals surface area (Å²) in [6.45, 7) is 6.20. The molecule has 2 unspecified atom stereocenters. The number of nitrogens with zero attached hydrogens (tertiary/aromatic N) is 2. The molecule has 0 radical (unpaired) electrons. The maximum absolute atomic E-state index is 11.8. The molecule has 0 aliphatic carbocycles. The number of benzene rings is 1. The van der Waals surface area contributed by atoms with Gasteiger partial charge in [-0.2, -0.15) is 5.10 Å². The number of carbonyl (C=O) groups excluding carboxylic acids is 1. The summed E-state index contributed by atoms with van der Waals surface area (Å²) in [4.78, 5) is 16.0. The van der Waals surface area contributed by atoms with Gasteiger partial charge >= 0.3 is 0 Å². The molecule has 0 saturated heterocycles. The molecule has 0 saturated carbocycles. The zero-order valence-electron chi connectivity index (χ0n) is 14.4. The fraction of sp³-hybridized carbons (Fsp3) is 0.350. The third-order valence-corrected chi connectivity index (χ3v) is 4.77. The largest absolute Gasteiger partial charge is 0.273 e. The third kappa shape index (κ3) is 3.09. The molecule has 1 aromatic heterocycles. The van der Waals surface area contributed by atoms with Gasteiger partial charge in [0.2, 0.25) is 5.91 Å². The zero-order valence-corrected chi connectivity index (χ0v) is 14.4. The maximum atomic E-state index is 11.8. The van der Waals surface area contributed by atoms with Crippen molar-refractivity contribution < 1.29 is 4.79 Å². The van der Waals surface area contributed by atoms with Crippen molar-refractivity contribution in [1.82, 2.24) is 10.4 Å². The highest BCUT2D eigenvalue weighted by Crippen LogP contribution is 2.28. The van der Waals surface area contributed by atoms with Crippen LogP contribution in [0.15, 0.2) is 47.8 Å². The number of hydrogen-bond acceptors (Lipinski definition) is 3. The van der Waals surface area contributed by atoms with Gasteiger partial charge in [-0.1, -0.05) is 45.4 Å². The second-order valence-electron chi connectivity index (χ2n) is 6.41. The van der Waals surface area contributed by atoms with E-state index in [-0.39, 0.29) is 17.7 Å². The predicted octanol–water partition coefficient (Wildman–Crippen LogP) is 3.81. The van der Waals surface area contributed by atoms with Crippen LogP contribution in [0.1, 0.15) is 38.3 Å². The Hall–Kier alpha value is -2.49. The minimum Gasteiger partial charge on any atom is -0.273 e. The van der Waals surface area contributed by atoms with E-state index in [2.05, 4.69) is 53.6 Å². The number of aryl methyl sites for hydroxylation is 1.